The van der Waals surface area contributed by atoms with Crippen LogP contribution in [-0.4, -0.2) is 47.9 Å². The number of hydrogen-bond acceptors (Lipinski definition) is 2. The number of amides is 1. The quantitative estimate of drug-likeness (QED) is 0.665. The van der Waals surface area contributed by atoms with Crippen LogP contribution in [0.5, 0.6) is 0 Å². The Morgan fingerprint density at radius 2 is 1.79 bits per heavy atom. The predicted octanol–water partition coefficient (Wildman–Crippen LogP) is 1.19. The molecule has 0 aromatic heterocycles. The van der Waals surface area contributed by atoms with Crippen LogP contribution < -0.4 is 0 Å². The van der Waals surface area contributed by atoms with Gasteiger partial charge in [-0.1, -0.05) is 13.8 Å². The van der Waals surface area contributed by atoms with Crippen molar-refractivity contribution >= 4 is 5.91 Å². The molecule has 1 atom stereocenters. The van der Waals surface area contributed by atoms with E-state index in [4.69, 9.17) is 0 Å². The van der Waals surface area contributed by atoms with Crippen LogP contribution in [0.4, 0.5) is 0 Å². The van der Waals surface area contributed by atoms with Crippen molar-refractivity contribution < 1.29 is 4.79 Å². The van der Waals surface area contributed by atoms with Crippen LogP contribution >= 0.6 is 0 Å². The molecule has 14 heavy (non-hydrogen) atoms. The molecule has 1 fully saturated rings. The summed E-state index contributed by atoms with van der Waals surface area (Å²) in [7, 11) is 1.90. The zero-order chi connectivity index (χ0) is 10.9. The molecular formula is C11H22N2O. The van der Waals surface area contributed by atoms with Gasteiger partial charge in [-0.3, -0.25) is 9.69 Å². The number of likely N-dealkylation sites (N-methyl/N-ethyl adjacent to an activating group) is 1. The van der Waals surface area contributed by atoms with E-state index in [1.807, 2.05) is 11.9 Å². The number of hydrogen-bond donors (Lipinski definition) is 0. The average molecular weight is 198 g/mol. The van der Waals surface area contributed by atoms with Gasteiger partial charge in [0.15, 0.2) is 0 Å². The van der Waals surface area contributed by atoms with E-state index in [0.717, 1.165) is 13.1 Å². The molecule has 1 saturated heterocycles. The lowest BCUT2D eigenvalue weighted by molar-refractivity contribution is -0.143. The van der Waals surface area contributed by atoms with Crippen LogP contribution in [0.15, 0.2) is 0 Å². The first-order chi connectivity index (χ1) is 6.45. The maximum Gasteiger partial charge on any atom is 0.239 e. The zero-order valence-corrected chi connectivity index (χ0v) is 9.95. The van der Waals surface area contributed by atoms with Gasteiger partial charge in [0.05, 0.1) is 6.04 Å². The smallest absolute Gasteiger partial charge is 0.239 e. The second-order valence-corrected chi connectivity index (χ2v) is 4.78. The first kappa shape index (κ1) is 11.5. The van der Waals surface area contributed by atoms with E-state index in [9.17, 15) is 4.79 Å². The molecule has 0 aliphatic carbocycles. The molecule has 1 aliphatic rings. The van der Waals surface area contributed by atoms with E-state index < -0.39 is 0 Å². The van der Waals surface area contributed by atoms with Crippen LogP contribution in [0, 0.1) is 5.92 Å². The van der Waals surface area contributed by atoms with Crippen LogP contribution in [-0.2, 0) is 4.79 Å². The van der Waals surface area contributed by atoms with Crippen molar-refractivity contribution in [3.63, 3.8) is 0 Å². The van der Waals surface area contributed by atoms with Gasteiger partial charge in [-0.05, 0) is 19.8 Å². The van der Waals surface area contributed by atoms with Crippen molar-refractivity contribution in [2.45, 2.75) is 39.8 Å². The van der Waals surface area contributed by atoms with Gasteiger partial charge in [-0.15, -0.1) is 0 Å². The highest BCUT2D eigenvalue weighted by Gasteiger charge is 2.36. The van der Waals surface area contributed by atoms with E-state index >= 15 is 0 Å². The van der Waals surface area contributed by atoms with Crippen molar-refractivity contribution in [2.75, 3.05) is 20.1 Å². The van der Waals surface area contributed by atoms with Crippen molar-refractivity contribution in [2.24, 2.45) is 5.92 Å². The summed E-state index contributed by atoms with van der Waals surface area (Å²) in [4.78, 5) is 16.1. The maximum absolute atomic E-state index is 12.0. The van der Waals surface area contributed by atoms with Crippen LogP contribution in [0.25, 0.3) is 0 Å². The van der Waals surface area contributed by atoms with Crippen LogP contribution in [0.1, 0.15) is 27.7 Å². The third kappa shape index (κ3) is 2.08. The maximum atomic E-state index is 12.0. The molecule has 0 saturated carbocycles. The summed E-state index contributed by atoms with van der Waals surface area (Å²) in [6.45, 7) is 10.4. The number of rotatable bonds is 2. The van der Waals surface area contributed by atoms with Gasteiger partial charge in [-0.25, -0.2) is 0 Å². The minimum absolute atomic E-state index is 0.0775. The topological polar surface area (TPSA) is 23.6 Å². The number of piperazine rings is 1. The molecular weight excluding hydrogens is 176 g/mol. The fraction of sp³-hybridized carbons (Fsp3) is 0.909. The average Bonchev–Trinajstić information content (AvgIpc) is 2.08. The molecule has 0 aromatic carbocycles. The lowest BCUT2D eigenvalue weighted by atomic mass is 9.97. The van der Waals surface area contributed by atoms with E-state index in [2.05, 4.69) is 32.6 Å². The Labute approximate surface area is 87.1 Å². The minimum atomic E-state index is 0.0775. The largest absolute Gasteiger partial charge is 0.343 e. The highest BCUT2D eigenvalue weighted by molar-refractivity contribution is 5.82. The summed E-state index contributed by atoms with van der Waals surface area (Å²) < 4.78 is 0. The van der Waals surface area contributed by atoms with Gasteiger partial charge in [-0.2, -0.15) is 0 Å². The van der Waals surface area contributed by atoms with Crippen LogP contribution in [0.3, 0.4) is 0 Å². The third-order valence-electron chi connectivity index (χ3n) is 2.97. The second-order valence-electron chi connectivity index (χ2n) is 4.78. The zero-order valence-electron chi connectivity index (χ0n) is 9.95. The standard InChI is InChI=1S/C11H22N2O/c1-8(2)10-11(14)12(5)6-7-13(10)9(3)4/h8-10H,6-7H2,1-5H3. The van der Waals surface area contributed by atoms with Gasteiger partial charge < -0.3 is 4.90 Å². The fourth-order valence-electron chi connectivity index (χ4n) is 2.13. The Kier molecular flexibility index (Phi) is 3.53. The summed E-state index contributed by atoms with van der Waals surface area (Å²) in [6.07, 6.45) is 0. The van der Waals surface area contributed by atoms with Gasteiger partial charge in [0, 0.05) is 26.2 Å². The second kappa shape index (κ2) is 4.30. The molecule has 0 radical (unpaired) electrons. The number of carbonyl (C=O) groups is 1. The van der Waals surface area contributed by atoms with E-state index in [0.29, 0.717) is 12.0 Å². The number of carbonyl (C=O) groups excluding carboxylic acids is 1. The van der Waals surface area contributed by atoms with Gasteiger partial charge in [0.1, 0.15) is 0 Å². The molecule has 3 nitrogen and oxygen atoms in total. The van der Waals surface area contributed by atoms with E-state index in [1.165, 1.54) is 0 Å². The summed E-state index contributed by atoms with van der Waals surface area (Å²) in [5.41, 5.74) is 0. The van der Waals surface area contributed by atoms with Crippen molar-refractivity contribution in [3.05, 3.63) is 0 Å². The normalized spacial score (nSPS) is 25.2. The van der Waals surface area contributed by atoms with Gasteiger partial charge >= 0.3 is 0 Å². The molecule has 1 amide bonds. The first-order valence-electron chi connectivity index (χ1n) is 5.46. The number of nitrogens with zero attached hydrogens (tertiary/aromatic N) is 2. The highest BCUT2D eigenvalue weighted by atomic mass is 16.2. The molecule has 0 N–H and O–H groups in total. The molecule has 1 unspecified atom stereocenters. The monoisotopic (exact) mass is 198 g/mol. The SMILES string of the molecule is CC(C)C1C(=O)N(C)CCN1C(C)C. The molecule has 0 aromatic rings. The van der Waals surface area contributed by atoms with Crippen molar-refractivity contribution in [1.82, 2.24) is 9.80 Å². The Hall–Kier alpha value is -0.570. The summed E-state index contributed by atoms with van der Waals surface area (Å²) in [5.74, 6) is 0.674. The third-order valence-corrected chi connectivity index (χ3v) is 2.97. The first-order valence-corrected chi connectivity index (χ1v) is 5.46. The predicted molar refractivity (Wildman–Crippen MR) is 58.1 cm³/mol. The molecule has 1 aliphatic heterocycles. The molecule has 0 spiro atoms. The Morgan fingerprint density at radius 1 is 1.21 bits per heavy atom. The lowest BCUT2D eigenvalue weighted by Gasteiger charge is -2.43. The molecule has 1 rings (SSSR count). The molecule has 0 bridgehead atoms. The van der Waals surface area contributed by atoms with Crippen molar-refractivity contribution in [1.29, 1.82) is 0 Å². The minimum Gasteiger partial charge on any atom is -0.343 e. The summed E-state index contributed by atoms with van der Waals surface area (Å²) in [5, 5.41) is 0. The van der Waals surface area contributed by atoms with Gasteiger partial charge in [0.25, 0.3) is 0 Å². The Balaban J connectivity index is 2.82. The molecule has 82 valence electrons. The fourth-order valence-corrected chi connectivity index (χ4v) is 2.13. The Morgan fingerprint density at radius 3 is 2.21 bits per heavy atom. The highest BCUT2D eigenvalue weighted by Crippen LogP contribution is 2.19. The summed E-state index contributed by atoms with van der Waals surface area (Å²) in [6, 6.07) is 0.536. The molecule has 1 heterocycles. The Bertz CT molecular complexity index is 213. The summed E-state index contributed by atoms with van der Waals surface area (Å²) >= 11 is 0. The van der Waals surface area contributed by atoms with E-state index in [1.54, 1.807) is 0 Å². The lowest BCUT2D eigenvalue weighted by Crippen LogP contribution is -2.59. The molecule has 3 heteroatoms. The van der Waals surface area contributed by atoms with E-state index in [-0.39, 0.29) is 11.9 Å². The van der Waals surface area contributed by atoms with Crippen molar-refractivity contribution in [3.8, 4) is 0 Å². The van der Waals surface area contributed by atoms with Gasteiger partial charge in [0.2, 0.25) is 5.91 Å². The van der Waals surface area contributed by atoms with Crippen LogP contribution in [0.2, 0.25) is 0 Å².